The van der Waals surface area contributed by atoms with Crippen molar-refractivity contribution in [1.29, 1.82) is 0 Å². The predicted octanol–water partition coefficient (Wildman–Crippen LogP) is 0.687. The monoisotopic (exact) mass is 188 g/mol. The maximum atomic E-state index is 9.57. The molecule has 0 aromatic rings. The number of rotatable bonds is 6. The summed E-state index contributed by atoms with van der Waals surface area (Å²) in [4.78, 5) is 2.20. The van der Waals surface area contributed by atoms with Crippen molar-refractivity contribution in [3.8, 4) is 0 Å². The number of aliphatic hydroxyl groups excluding tert-OH is 1. The summed E-state index contributed by atoms with van der Waals surface area (Å²) in [7, 11) is 3.91. The topological polar surface area (TPSA) is 35.5 Å². The maximum Gasteiger partial charge on any atom is 0.0791 e. The minimum absolute atomic E-state index is 0.175. The lowest BCUT2D eigenvalue weighted by Gasteiger charge is -2.36. The second-order valence-corrected chi connectivity index (χ2v) is 4.26. The fourth-order valence-corrected chi connectivity index (χ4v) is 1.13. The molecule has 80 valence electrons. The summed E-state index contributed by atoms with van der Waals surface area (Å²) in [5.41, 5.74) is 0.175. The second-order valence-electron chi connectivity index (χ2n) is 4.26. The molecule has 1 atom stereocenters. The van der Waals surface area contributed by atoms with Crippen molar-refractivity contribution in [2.45, 2.75) is 38.8 Å². The summed E-state index contributed by atoms with van der Waals surface area (Å²) in [6, 6.07) is 0. The summed E-state index contributed by atoms with van der Waals surface area (Å²) < 4.78 is 0. The Balaban J connectivity index is 3.91. The van der Waals surface area contributed by atoms with Crippen molar-refractivity contribution < 1.29 is 5.11 Å². The van der Waals surface area contributed by atoms with Crippen molar-refractivity contribution in [3.63, 3.8) is 0 Å². The Bertz CT molecular complexity index is 137. The summed E-state index contributed by atoms with van der Waals surface area (Å²) in [6.07, 6.45) is 0.816. The summed E-state index contributed by atoms with van der Waals surface area (Å²) >= 11 is 0. The van der Waals surface area contributed by atoms with Gasteiger partial charge in [0.2, 0.25) is 0 Å². The minimum atomic E-state index is -0.277. The molecule has 0 aromatic heterocycles. The number of likely N-dealkylation sites (N-methyl/N-ethyl adjacent to an activating group) is 2. The minimum Gasteiger partial charge on any atom is -0.390 e. The lowest BCUT2D eigenvalue weighted by molar-refractivity contribution is 0.0697. The van der Waals surface area contributed by atoms with Crippen LogP contribution in [0.2, 0.25) is 0 Å². The molecule has 3 nitrogen and oxygen atoms in total. The largest absolute Gasteiger partial charge is 0.390 e. The molecular formula is C10H24N2O. The Morgan fingerprint density at radius 2 is 2.00 bits per heavy atom. The van der Waals surface area contributed by atoms with Gasteiger partial charge in [-0.3, -0.25) is 4.90 Å². The molecule has 0 aliphatic carbocycles. The van der Waals surface area contributed by atoms with E-state index in [1.807, 2.05) is 7.05 Å². The molecule has 0 amide bonds. The van der Waals surface area contributed by atoms with Crippen molar-refractivity contribution in [2.24, 2.45) is 0 Å². The highest BCUT2D eigenvalue weighted by Gasteiger charge is 2.22. The van der Waals surface area contributed by atoms with Gasteiger partial charge in [0, 0.05) is 18.6 Å². The molecule has 0 bridgehead atoms. The van der Waals surface area contributed by atoms with E-state index in [0.717, 1.165) is 13.0 Å². The molecule has 3 heteroatoms. The lowest BCUT2D eigenvalue weighted by atomic mass is 9.99. The Morgan fingerprint density at radius 3 is 2.38 bits per heavy atom. The molecule has 2 N–H and O–H groups in total. The van der Waals surface area contributed by atoms with E-state index in [-0.39, 0.29) is 11.6 Å². The summed E-state index contributed by atoms with van der Waals surface area (Å²) in [6.45, 7) is 7.94. The van der Waals surface area contributed by atoms with Gasteiger partial charge < -0.3 is 10.4 Å². The van der Waals surface area contributed by atoms with E-state index in [9.17, 15) is 5.11 Å². The van der Waals surface area contributed by atoms with Crippen LogP contribution >= 0.6 is 0 Å². The fourth-order valence-electron chi connectivity index (χ4n) is 1.13. The highest BCUT2D eigenvalue weighted by molar-refractivity contribution is 4.79. The predicted molar refractivity (Wildman–Crippen MR) is 56.9 cm³/mol. The molecule has 0 saturated carbocycles. The molecule has 0 rings (SSSR count). The van der Waals surface area contributed by atoms with Crippen LogP contribution in [0.25, 0.3) is 0 Å². The van der Waals surface area contributed by atoms with Gasteiger partial charge in [-0.1, -0.05) is 6.92 Å². The van der Waals surface area contributed by atoms with Gasteiger partial charge in [-0.2, -0.15) is 0 Å². The normalized spacial score (nSPS) is 15.0. The summed E-state index contributed by atoms with van der Waals surface area (Å²) in [5, 5.41) is 12.5. The Morgan fingerprint density at radius 1 is 1.46 bits per heavy atom. The third-order valence-electron chi connectivity index (χ3n) is 2.82. The van der Waals surface area contributed by atoms with Gasteiger partial charge in [0.05, 0.1) is 6.10 Å². The van der Waals surface area contributed by atoms with Crippen LogP contribution in [-0.4, -0.2) is 48.8 Å². The van der Waals surface area contributed by atoms with E-state index >= 15 is 0 Å². The highest BCUT2D eigenvalue weighted by Crippen LogP contribution is 2.16. The fraction of sp³-hybridized carbons (Fsp3) is 1.00. The summed E-state index contributed by atoms with van der Waals surface area (Å²) in [5.74, 6) is 0. The number of hydrogen-bond acceptors (Lipinski definition) is 3. The van der Waals surface area contributed by atoms with Crippen LogP contribution in [0.4, 0.5) is 0 Å². The average molecular weight is 188 g/mol. The zero-order valence-electron chi connectivity index (χ0n) is 9.59. The first kappa shape index (κ1) is 12.9. The van der Waals surface area contributed by atoms with Crippen molar-refractivity contribution in [2.75, 3.05) is 27.2 Å². The average Bonchev–Trinajstić information content (AvgIpc) is 2.04. The van der Waals surface area contributed by atoms with Gasteiger partial charge >= 0.3 is 0 Å². The number of aliphatic hydroxyl groups is 1. The standard InChI is InChI=1S/C10H24N2O/c1-6-10(2,3)12(5)8-9(13)7-11-4/h9,11,13H,6-8H2,1-5H3. The third kappa shape index (κ3) is 4.60. The molecule has 13 heavy (non-hydrogen) atoms. The zero-order chi connectivity index (χ0) is 10.5. The molecule has 0 fully saturated rings. The molecule has 0 saturated heterocycles. The van der Waals surface area contributed by atoms with E-state index in [4.69, 9.17) is 0 Å². The van der Waals surface area contributed by atoms with E-state index in [1.54, 1.807) is 0 Å². The number of β-amino-alcohol motifs (C(OH)–C–C–N with tert-alkyl or cyclic N) is 1. The van der Waals surface area contributed by atoms with Crippen LogP contribution in [0.5, 0.6) is 0 Å². The quantitative estimate of drug-likeness (QED) is 0.643. The van der Waals surface area contributed by atoms with E-state index in [1.165, 1.54) is 0 Å². The van der Waals surface area contributed by atoms with Gasteiger partial charge in [-0.25, -0.2) is 0 Å². The number of nitrogens with zero attached hydrogens (tertiary/aromatic N) is 1. The smallest absolute Gasteiger partial charge is 0.0791 e. The second kappa shape index (κ2) is 5.58. The molecule has 1 unspecified atom stereocenters. The molecule has 0 heterocycles. The maximum absolute atomic E-state index is 9.57. The van der Waals surface area contributed by atoms with Crippen LogP contribution in [0.3, 0.4) is 0 Å². The number of nitrogens with one attached hydrogen (secondary N) is 1. The van der Waals surface area contributed by atoms with Gasteiger partial charge in [0.25, 0.3) is 0 Å². The van der Waals surface area contributed by atoms with Crippen molar-refractivity contribution in [3.05, 3.63) is 0 Å². The molecular weight excluding hydrogens is 164 g/mol. The Labute approximate surface area is 82.1 Å². The lowest BCUT2D eigenvalue weighted by Crippen LogP contribution is -2.46. The van der Waals surface area contributed by atoms with Crippen molar-refractivity contribution in [1.82, 2.24) is 10.2 Å². The third-order valence-corrected chi connectivity index (χ3v) is 2.82. The molecule has 0 aliphatic heterocycles. The van der Waals surface area contributed by atoms with E-state index in [2.05, 4.69) is 38.0 Å². The van der Waals surface area contributed by atoms with E-state index < -0.39 is 0 Å². The first-order valence-corrected chi connectivity index (χ1v) is 4.98. The first-order valence-electron chi connectivity index (χ1n) is 4.98. The molecule has 0 spiro atoms. The van der Waals surface area contributed by atoms with Crippen molar-refractivity contribution >= 4 is 0 Å². The zero-order valence-corrected chi connectivity index (χ0v) is 9.59. The molecule has 0 aromatic carbocycles. The van der Waals surface area contributed by atoms with Gasteiger partial charge in [0.15, 0.2) is 0 Å². The number of hydrogen-bond donors (Lipinski definition) is 2. The van der Waals surface area contributed by atoms with Gasteiger partial charge in [-0.15, -0.1) is 0 Å². The van der Waals surface area contributed by atoms with Gasteiger partial charge in [0.1, 0.15) is 0 Å². The van der Waals surface area contributed by atoms with Crippen LogP contribution in [0, 0.1) is 0 Å². The Kier molecular flexibility index (Phi) is 5.53. The van der Waals surface area contributed by atoms with Crippen LogP contribution in [0.15, 0.2) is 0 Å². The van der Waals surface area contributed by atoms with Gasteiger partial charge in [-0.05, 0) is 34.4 Å². The SMILES string of the molecule is CCC(C)(C)N(C)CC(O)CNC. The molecule has 0 radical (unpaired) electrons. The van der Waals surface area contributed by atoms with Crippen LogP contribution in [-0.2, 0) is 0 Å². The van der Waals surface area contributed by atoms with Crippen LogP contribution in [0.1, 0.15) is 27.2 Å². The van der Waals surface area contributed by atoms with E-state index in [0.29, 0.717) is 6.54 Å². The van der Waals surface area contributed by atoms with Crippen LogP contribution < -0.4 is 5.32 Å². The Hall–Kier alpha value is -0.120. The first-order chi connectivity index (χ1) is 5.94. The molecule has 0 aliphatic rings. The highest BCUT2D eigenvalue weighted by atomic mass is 16.3.